The van der Waals surface area contributed by atoms with E-state index in [2.05, 4.69) is 18.0 Å². The maximum atomic E-state index is 11.3. The summed E-state index contributed by atoms with van der Waals surface area (Å²) < 4.78 is 0. The van der Waals surface area contributed by atoms with Gasteiger partial charge >= 0.3 is 0 Å². The molecule has 1 heterocycles. The monoisotopic (exact) mass is 187 g/mol. The second-order valence-electron chi connectivity index (χ2n) is 3.51. The molecule has 0 atom stereocenters. The summed E-state index contributed by atoms with van der Waals surface area (Å²) in [5, 5.41) is 1.14. The van der Waals surface area contributed by atoms with Gasteiger partial charge in [-0.2, -0.15) is 0 Å². The quantitative estimate of drug-likeness (QED) is 0.730. The molecule has 14 heavy (non-hydrogen) atoms. The van der Waals surface area contributed by atoms with Crippen molar-refractivity contribution in [3.63, 3.8) is 0 Å². The van der Waals surface area contributed by atoms with E-state index in [4.69, 9.17) is 0 Å². The van der Waals surface area contributed by atoms with Gasteiger partial charge in [-0.25, -0.2) is 0 Å². The molecule has 0 fully saturated rings. The molecule has 0 spiro atoms. The van der Waals surface area contributed by atoms with Crippen LogP contribution in [-0.2, 0) is 6.42 Å². The number of pyridine rings is 1. The molecule has 0 unspecified atom stereocenters. The lowest BCUT2D eigenvalue weighted by molar-refractivity contribution is 1.13. The van der Waals surface area contributed by atoms with Gasteiger partial charge in [0.05, 0.1) is 5.52 Å². The van der Waals surface area contributed by atoms with Crippen molar-refractivity contribution in [1.82, 2.24) is 4.98 Å². The van der Waals surface area contributed by atoms with Crippen molar-refractivity contribution in [1.29, 1.82) is 0 Å². The van der Waals surface area contributed by atoms with E-state index in [1.54, 1.807) is 6.07 Å². The van der Waals surface area contributed by atoms with Crippen LogP contribution in [0.3, 0.4) is 0 Å². The van der Waals surface area contributed by atoms with E-state index in [1.807, 2.05) is 19.1 Å². The van der Waals surface area contributed by atoms with Crippen molar-refractivity contribution < 1.29 is 0 Å². The van der Waals surface area contributed by atoms with Crippen LogP contribution in [0, 0.1) is 6.92 Å². The smallest absolute Gasteiger partial charge is 0.248 e. The molecule has 0 radical (unpaired) electrons. The zero-order valence-corrected chi connectivity index (χ0v) is 8.42. The molecule has 0 aliphatic heterocycles. The second-order valence-corrected chi connectivity index (χ2v) is 3.51. The van der Waals surface area contributed by atoms with E-state index in [9.17, 15) is 4.79 Å². The van der Waals surface area contributed by atoms with Crippen LogP contribution in [0.5, 0.6) is 0 Å². The number of para-hydroxylation sites is 1. The highest BCUT2D eigenvalue weighted by Crippen LogP contribution is 2.18. The normalized spacial score (nSPS) is 10.7. The molecule has 0 aliphatic rings. The number of aryl methyl sites for hydroxylation is 2. The van der Waals surface area contributed by atoms with Crippen molar-refractivity contribution >= 4 is 10.9 Å². The average molecular weight is 187 g/mol. The minimum atomic E-state index is -0.0177. The van der Waals surface area contributed by atoms with Gasteiger partial charge in [-0.05, 0) is 24.5 Å². The Labute approximate surface area is 82.6 Å². The minimum Gasteiger partial charge on any atom is -0.322 e. The molecule has 0 saturated carbocycles. The summed E-state index contributed by atoms with van der Waals surface area (Å²) in [6, 6.07) is 7.77. The van der Waals surface area contributed by atoms with Gasteiger partial charge in [-0.3, -0.25) is 4.79 Å². The predicted octanol–water partition coefficient (Wildman–Crippen LogP) is 2.40. The molecule has 0 saturated heterocycles. The number of rotatable bonds is 1. The van der Waals surface area contributed by atoms with Crippen LogP contribution < -0.4 is 5.56 Å². The first kappa shape index (κ1) is 9.00. The van der Waals surface area contributed by atoms with Gasteiger partial charge < -0.3 is 4.98 Å². The number of aromatic nitrogens is 1. The predicted molar refractivity (Wildman–Crippen MR) is 58.7 cm³/mol. The van der Waals surface area contributed by atoms with E-state index in [1.165, 1.54) is 5.56 Å². The third kappa shape index (κ3) is 1.33. The van der Waals surface area contributed by atoms with Gasteiger partial charge in [0.15, 0.2) is 0 Å². The van der Waals surface area contributed by atoms with E-state index < -0.39 is 0 Å². The van der Waals surface area contributed by atoms with Crippen LogP contribution in [0.4, 0.5) is 0 Å². The lowest BCUT2D eigenvalue weighted by atomic mass is 10.0. The fourth-order valence-corrected chi connectivity index (χ4v) is 1.80. The first-order valence-electron chi connectivity index (χ1n) is 4.84. The Bertz CT molecular complexity index is 525. The SMILES string of the molecule is CCc1cccc2c(C)cc(=O)[nH]c12. The van der Waals surface area contributed by atoms with E-state index in [0.29, 0.717) is 0 Å². The molecule has 2 rings (SSSR count). The van der Waals surface area contributed by atoms with Gasteiger partial charge in [0, 0.05) is 11.5 Å². The molecule has 1 aromatic heterocycles. The van der Waals surface area contributed by atoms with E-state index >= 15 is 0 Å². The Morgan fingerprint density at radius 2 is 2.14 bits per heavy atom. The number of aromatic amines is 1. The fraction of sp³-hybridized carbons (Fsp3) is 0.250. The van der Waals surface area contributed by atoms with Crippen molar-refractivity contribution in [3.8, 4) is 0 Å². The molecule has 2 nitrogen and oxygen atoms in total. The highest BCUT2D eigenvalue weighted by molar-refractivity contribution is 5.84. The number of hydrogen-bond acceptors (Lipinski definition) is 1. The molecule has 72 valence electrons. The van der Waals surface area contributed by atoms with Gasteiger partial charge in [0.1, 0.15) is 0 Å². The first-order chi connectivity index (χ1) is 6.72. The number of benzene rings is 1. The summed E-state index contributed by atoms with van der Waals surface area (Å²) >= 11 is 0. The molecule has 0 amide bonds. The topological polar surface area (TPSA) is 32.9 Å². The number of H-pyrrole nitrogens is 1. The van der Waals surface area contributed by atoms with Crippen molar-refractivity contribution in [3.05, 3.63) is 45.7 Å². The zero-order valence-electron chi connectivity index (χ0n) is 8.42. The van der Waals surface area contributed by atoms with Gasteiger partial charge in [-0.15, -0.1) is 0 Å². The Kier molecular flexibility index (Phi) is 2.12. The fourth-order valence-electron chi connectivity index (χ4n) is 1.80. The Balaban J connectivity index is 2.93. The van der Waals surface area contributed by atoms with Crippen molar-refractivity contribution in [2.75, 3.05) is 0 Å². The highest BCUT2D eigenvalue weighted by Gasteiger charge is 2.02. The summed E-state index contributed by atoms with van der Waals surface area (Å²) in [6.07, 6.45) is 0.941. The second kappa shape index (κ2) is 3.29. The lowest BCUT2D eigenvalue weighted by Gasteiger charge is -2.05. The molecule has 0 bridgehead atoms. The maximum Gasteiger partial charge on any atom is 0.248 e. The average Bonchev–Trinajstić information content (AvgIpc) is 2.17. The number of fused-ring (bicyclic) bond motifs is 1. The number of hydrogen-bond donors (Lipinski definition) is 1. The summed E-state index contributed by atoms with van der Waals surface area (Å²) in [6.45, 7) is 4.06. The summed E-state index contributed by atoms with van der Waals surface area (Å²) in [4.78, 5) is 14.2. The third-order valence-electron chi connectivity index (χ3n) is 2.55. The summed E-state index contributed by atoms with van der Waals surface area (Å²) in [7, 11) is 0. The third-order valence-corrected chi connectivity index (χ3v) is 2.55. The zero-order chi connectivity index (χ0) is 10.1. The van der Waals surface area contributed by atoms with Crippen LogP contribution in [0.1, 0.15) is 18.1 Å². The highest BCUT2D eigenvalue weighted by atomic mass is 16.1. The van der Waals surface area contributed by atoms with Crippen LogP contribution in [0.2, 0.25) is 0 Å². The lowest BCUT2D eigenvalue weighted by Crippen LogP contribution is -2.06. The standard InChI is InChI=1S/C12H13NO/c1-3-9-5-4-6-10-8(2)7-11(14)13-12(9)10/h4-7H,3H2,1-2H3,(H,13,14). The molecular formula is C12H13NO. The van der Waals surface area contributed by atoms with Crippen molar-refractivity contribution in [2.45, 2.75) is 20.3 Å². The summed E-state index contributed by atoms with van der Waals surface area (Å²) in [5.41, 5.74) is 3.21. The van der Waals surface area contributed by atoms with E-state index in [-0.39, 0.29) is 5.56 Å². The van der Waals surface area contributed by atoms with Gasteiger partial charge in [0.2, 0.25) is 5.56 Å². The molecule has 1 aromatic carbocycles. The van der Waals surface area contributed by atoms with E-state index in [0.717, 1.165) is 22.9 Å². The Hall–Kier alpha value is -1.57. The van der Waals surface area contributed by atoms with Crippen LogP contribution in [0.25, 0.3) is 10.9 Å². The summed E-state index contributed by atoms with van der Waals surface area (Å²) in [5.74, 6) is 0. The molecule has 2 heteroatoms. The first-order valence-corrected chi connectivity index (χ1v) is 4.84. The molecule has 1 N–H and O–H groups in total. The van der Waals surface area contributed by atoms with Gasteiger partial charge in [-0.1, -0.05) is 25.1 Å². The molecule has 2 aromatic rings. The molecule has 0 aliphatic carbocycles. The van der Waals surface area contributed by atoms with Crippen LogP contribution in [-0.4, -0.2) is 4.98 Å². The van der Waals surface area contributed by atoms with Crippen molar-refractivity contribution in [2.24, 2.45) is 0 Å². The molecular weight excluding hydrogens is 174 g/mol. The number of nitrogens with one attached hydrogen (secondary N) is 1. The van der Waals surface area contributed by atoms with Crippen LogP contribution >= 0.6 is 0 Å². The largest absolute Gasteiger partial charge is 0.322 e. The Morgan fingerprint density at radius 1 is 1.36 bits per heavy atom. The maximum absolute atomic E-state index is 11.3. The van der Waals surface area contributed by atoms with Gasteiger partial charge in [0.25, 0.3) is 0 Å². The Morgan fingerprint density at radius 3 is 2.86 bits per heavy atom. The van der Waals surface area contributed by atoms with Crippen LogP contribution in [0.15, 0.2) is 29.1 Å². The minimum absolute atomic E-state index is 0.0177.